The topological polar surface area (TPSA) is 49.4 Å². The fraction of sp³-hybridized carbons (Fsp3) is 0.467. The van der Waals surface area contributed by atoms with Crippen LogP contribution in [0.3, 0.4) is 0 Å². The number of nitrogens with zero attached hydrogens (tertiary/aromatic N) is 1. The van der Waals surface area contributed by atoms with Crippen molar-refractivity contribution < 1.29 is 9.59 Å². The molecule has 0 radical (unpaired) electrons. The van der Waals surface area contributed by atoms with E-state index in [0.717, 1.165) is 0 Å². The van der Waals surface area contributed by atoms with Gasteiger partial charge in [-0.05, 0) is 31.9 Å². The second-order valence-corrected chi connectivity index (χ2v) is 4.81. The Hall–Kier alpha value is -1.84. The predicted molar refractivity (Wildman–Crippen MR) is 75.2 cm³/mol. The number of likely N-dealkylation sites (N-methyl/N-ethyl adjacent to an activating group) is 1. The molecule has 0 saturated carbocycles. The van der Waals surface area contributed by atoms with Gasteiger partial charge >= 0.3 is 0 Å². The molecule has 0 aliphatic carbocycles. The van der Waals surface area contributed by atoms with Crippen LogP contribution in [0.4, 0.5) is 5.69 Å². The van der Waals surface area contributed by atoms with Crippen LogP contribution in [-0.4, -0.2) is 23.9 Å². The second kappa shape index (κ2) is 5.03. The van der Waals surface area contributed by atoms with Gasteiger partial charge in [-0.25, -0.2) is 0 Å². The maximum absolute atomic E-state index is 12.8. The van der Waals surface area contributed by atoms with E-state index in [1.165, 1.54) is 0 Å². The molecule has 0 spiro atoms. The van der Waals surface area contributed by atoms with Crippen molar-refractivity contribution in [3.63, 3.8) is 0 Å². The van der Waals surface area contributed by atoms with Crippen LogP contribution in [0.25, 0.3) is 0 Å². The van der Waals surface area contributed by atoms with Crippen LogP contribution in [0.15, 0.2) is 24.3 Å². The van der Waals surface area contributed by atoms with Gasteiger partial charge in [0.25, 0.3) is 11.8 Å². The average molecular weight is 260 g/mol. The maximum atomic E-state index is 12.8. The molecule has 1 aromatic rings. The lowest BCUT2D eigenvalue weighted by Gasteiger charge is -2.33. The molecule has 19 heavy (non-hydrogen) atoms. The normalized spacial score (nSPS) is 17.7. The molecule has 0 bridgehead atoms. The summed E-state index contributed by atoms with van der Waals surface area (Å²) in [6.45, 7) is 6.37. The lowest BCUT2D eigenvalue weighted by molar-refractivity contribution is -0.124. The van der Waals surface area contributed by atoms with E-state index in [4.69, 9.17) is 0 Å². The summed E-state index contributed by atoms with van der Waals surface area (Å²) in [5, 5.41) is 2.93. The molecule has 0 atom stereocenters. The molecule has 2 rings (SSSR count). The number of carbonyl (C=O) groups is 2. The van der Waals surface area contributed by atoms with Crippen molar-refractivity contribution in [3.05, 3.63) is 29.8 Å². The van der Waals surface area contributed by atoms with Gasteiger partial charge in [-0.1, -0.05) is 26.0 Å². The molecule has 0 saturated heterocycles. The molecule has 1 aliphatic rings. The summed E-state index contributed by atoms with van der Waals surface area (Å²) in [4.78, 5) is 26.8. The Morgan fingerprint density at radius 2 is 1.74 bits per heavy atom. The van der Waals surface area contributed by atoms with Crippen molar-refractivity contribution in [1.29, 1.82) is 0 Å². The average Bonchev–Trinajstić information content (AvgIpc) is 2.53. The Kier molecular flexibility index (Phi) is 3.60. The number of fused-ring (bicyclic) bond motifs is 1. The van der Waals surface area contributed by atoms with E-state index in [1.807, 2.05) is 39.0 Å². The van der Waals surface area contributed by atoms with E-state index in [1.54, 1.807) is 11.0 Å². The van der Waals surface area contributed by atoms with Gasteiger partial charge < -0.3 is 10.2 Å². The summed E-state index contributed by atoms with van der Waals surface area (Å²) in [5.41, 5.74) is 0.490. The van der Waals surface area contributed by atoms with Crippen molar-refractivity contribution >= 4 is 17.5 Å². The molecule has 1 N–H and O–H groups in total. The second-order valence-electron chi connectivity index (χ2n) is 4.81. The Morgan fingerprint density at radius 1 is 1.11 bits per heavy atom. The van der Waals surface area contributed by atoms with E-state index in [0.29, 0.717) is 30.6 Å². The fourth-order valence-electron chi connectivity index (χ4n) is 2.65. The third-order valence-electron chi connectivity index (χ3n) is 3.97. The molecule has 1 heterocycles. The third-order valence-corrected chi connectivity index (χ3v) is 3.97. The Balaban J connectivity index is 2.61. The van der Waals surface area contributed by atoms with Crippen LogP contribution in [-0.2, 0) is 4.79 Å². The first-order valence-electron chi connectivity index (χ1n) is 6.83. The number of amides is 2. The van der Waals surface area contributed by atoms with E-state index in [2.05, 4.69) is 5.32 Å². The summed E-state index contributed by atoms with van der Waals surface area (Å²) in [7, 11) is 0. The summed E-state index contributed by atoms with van der Waals surface area (Å²) < 4.78 is 0. The van der Waals surface area contributed by atoms with Crippen LogP contribution in [0.2, 0.25) is 0 Å². The molecule has 1 aromatic carbocycles. The standard InChI is InChI=1S/C15H20N2O2/c1-4-15(5-2)14(19)17(6-3)12-10-8-7-9-11(12)13(18)16-15/h7-10H,4-6H2,1-3H3,(H,16,18). The van der Waals surface area contributed by atoms with Gasteiger partial charge in [0.05, 0.1) is 11.3 Å². The predicted octanol–water partition coefficient (Wildman–Crippen LogP) is 2.34. The number of carbonyl (C=O) groups excluding carboxylic acids is 2. The largest absolute Gasteiger partial charge is 0.338 e. The third kappa shape index (κ3) is 2.01. The van der Waals surface area contributed by atoms with Gasteiger partial charge in [0.1, 0.15) is 5.54 Å². The van der Waals surface area contributed by atoms with Gasteiger partial charge in [-0.3, -0.25) is 9.59 Å². The van der Waals surface area contributed by atoms with Crippen LogP contribution < -0.4 is 10.2 Å². The van der Waals surface area contributed by atoms with E-state index in [-0.39, 0.29) is 11.8 Å². The van der Waals surface area contributed by atoms with E-state index < -0.39 is 5.54 Å². The first-order chi connectivity index (χ1) is 9.09. The molecular formula is C15H20N2O2. The van der Waals surface area contributed by atoms with Gasteiger partial charge in [0, 0.05) is 6.54 Å². The Morgan fingerprint density at radius 3 is 2.32 bits per heavy atom. The SMILES string of the molecule is CCN1C(=O)C(CC)(CC)NC(=O)c2ccccc21. The minimum Gasteiger partial charge on any atom is -0.338 e. The van der Waals surface area contributed by atoms with Gasteiger partial charge in [0.2, 0.25) is 0 Å². The number of nitrogens with one attached hydrogen (secondary N) is 1. The number of benzene rings is 1. The highest BCUT2D eigenvalue weighted by molar-refractivity contribution is 6.12. The highest BCUT2D eigenvalue weighted by Gasteiger charge is 2.43. The maximum Gasteiger partial charge on any atom is 0.254 e. The minimum absolute atomic E-state index is 0.0155. The molecule has 0 fully saturated rings. The zero-order valence-electron chi connectivity index (χ0n) is 11.7. The number of para-hydroxylation sites is 1. The zero-order valence-corrected chi connectivity index (χ0v) is 11.7. The first kappa shape index (κ1) is 13.6. The minimum atomic E-state index is -0.786. The van der Waals surface area contributed by atoms with Crippen molar-refractivity contribution in [2.45, 2.75) is 39.2 Å². The van der Waals surface area contributed by atoms with Crippen LogP contribution in [0.5, 0.6) is 0 Å². The molecule has 1 aliphatic heterocycles. The Labute approximate surface area is 113 Å². The van der Waals surface area contributed by atoms with E-state index in [9.17, 15) is 9.59 Å². The molecule has 102 valence electrons. The quantitative estimate of drug-likeness (QED) is 0.907. The smallest absolute Gasteiger partial charge is 0.254 e. The molecule has 2 amide bonds. The molecule has 4 heteroatoms. The molecule has 0 unspecified atom stereocenters. The monoisotopic (exact) mass is 260 g/mol. The lowest BCUT2D eigenvalue weighted by Crippen LogP contribution is -2.57. The number of hydrogen-bond donors (Lipinski definition) is 1. The summed E-state index contributed by atoms with van der Waals surface area (Å²) in [5.74, 6) is -0.179. The summed E-state index contributed by atoms with van der Waals surface area (Å²) >= 11 is 0. The van der Waals surface area contributed by atoms with Crippen molar-refractivity contribution in [2.24, 2.45) is 0 Å². The number of hydrogen-bond acceptors (Lipinski definition) is 2. The van der Waals surface area contributed by atoms with Crippen molar-refractivity contribution in [1.82, 2.24) is 5.32 Å². The highest BCUT2D eigenvalue weighted by Crippen LogP contribution is 2.30. The molecular weight excluding hydrogens is 240 g/mol. The van der Waals surface area contributed by atoms with Crippen molar-refractivity contribution in [3.8, 4) is 0 Å². The highest BCUT2D eigenvalue weighted by atomic mass is 16.2. The molecule has 4 nitrogen and oxygen atoms in total. The van der Waals surface area contributed by atoms with Gasteiger partial charge in [0.15, 0.2) is 0 Å². The molecule has 0 aromatic heterocycles. The number of rotatable bonds is 3. The zero-order chi connectivity index (χ0) is 14.0. The van der Waals surface area contributed by atoms with Gasteiger partial charge in [-0.2, -0.15) is 0 Å². The Bertz CT molecular complexity index is 507. The summed E-state index contributed by atoms with van der Waals surface area (Å²) in [6.07, 6.45) is 1.19. The van der Waals surface area contributed by atoms with Crippen LogP contribution in [0, 0.1) is 0 Å². The van der Waals surface area contributed by atoms with Crippen LogP contribution >= 0.6 is 0 Å². The number of anilines is 1. The first-order valence-corrected chi connectivity index (χ1v) is 6.83. The van der Waals surface area contributed by atoms with Crippen LogP contribution in [0.1, 0.15) is 44.0 Å². The van der Waals surface area contributed by atoms with Crippen molar-refractivity contribution in [2.75, 3.05) is 11.4 Å². The van der Waals surface area contributed by atoms with Gasteiger partial charge in [-0.15, -0.1) is 0 Å². The summed E-state index contributed by atoms with van der Waals surface area (Å²) in [6, 6.07) is 7.27. The van der Waals surface area contributed by atoms with E-state index >= 15 is 0 Å². The fourth-order valence-corrected chi connectivity index (χ4v) is 2.65. The lowest BCUT2D eigenvalue weighted by atomic mass is 9.91.